The van der Waals surface area contributed by atoms with E-state index in [2.05, 4.69) is 4.98 Å². The first-order valence-electron chi connectivity index (χ1n) is 7.10. The van der Waals surface area contributed by atoms with Gasteiger partial charge in [-0.25, -0.2) is 9.67 Å². The molecule has 2 aromatic carbocycles. The number of hydrogen-bond donors (Lipinski definition) is 0. The topological polar surface area (TPSA) is 39.8 Å². The summed E-state index contributed by atoms with van der Waals surface area (Å²) < 4.78 is 5.49. The summed E-state index contributed by atoms with van der Waals surface area (Å²) in [6.45, 7) is 0. The van der Waals surface area contributed by atoms with Gasteiger partial charge in [-0.2, -0.15) is 0 Å². The van der Waals surface area contributed by atoms with Gasteiger partial charge in [-0.15, -0.1) is 11.3 Å². The number of rotatable bonds is 3. The van der Waals surface area contributed by atoms with Crippen LogP contribution in [-0.2, 0) is 7.05 Å². The summed E-state index contributed by atoms with van der Waals surface area (Å²) in [4.78, 5) is 18.0. The van der Waals surface area contributed by atoms with Gasteiger partial charge in [0.1, 0.15) is 0 Å². The molecule has 0 aliphatic carbocycles. The predicted molar refractivity (Wildman–Crippen MR) is 94.8 cm³/mol. The molecular formula is C17H13N3OS2. The summed E-state index contributed by atoms with van der Waals surface area (Å²) in [7, 11) is 1.87. The molecule has 0 aliphatic rings. The second-order valence-electron chi connectivity index (χ2n) is 5.07. The number of aryl methyl sites for hydroxylation is 1. The molecule has 0 aliphatic heterocycles. The van der Waals surface area contributed by atoms with Gasteiger partial charge in [0.05, 0.1) is 20.8 Å². The molecule has 0 bridgehead atoms. The van der Waals surface area contributed by atoms with Crippen LogP contribution in [0.1, 0.15) is 0 Å². The fourth-order valence-electron chi connectivity index (χ4n) is 2.46. The minimum absolute atomic E-state index is 0.0250. The van der Waals surface area contributed by atoms with Crippen molar-refractivity contribution in [3.8, 4) is 5.69 Å². The largest absolute Gasteiger partial charge is 0.287 e. The van der Waals surface area contributed by atoms with E-state index in [1.165, 1.54) is 11.8 Å². The van der Waals surface area contributed by atoms with E-state index < -0.39 is 0 Å². The molecule has 6 heteroatoms. The molecule has 0 radical (unpaired) electrons. The van der Waals surface area contributed by atoms with Crippen LogP contribution in [0.2, 0.25) is 0 Å². The maximum Gasteiger partial charge on any atom is 0.285 e. The van der Waals surface area contributed by atoms with Crippen molar-refractivity contribution >= 4 is 33.3 Å². The average molecular weight is 339 g/mol. The zero-order chi connectivity index (χ0) is 15.8. The van der Waals surface area contributed by atoms with Crippen molar-refractivity contribution in [3.05, 3.63) is 71.1 Å². The standard InChI is InChI=1S/C17H13N3OS2/c1-19-11-15(16(21)20(19)12-7-3-2-4-8-12)23-17-18-13-9-5-6-10-14(13)22-17/h2-11H,1H3. The molecule has 23 heavy (non-hydrogen) atoms. The van der Waals surface area contributed by atoms with E-state index in [-0.39, 0.29) is 5.56 Å². The molecule has 0 fully saturated rings. The first-order valence-corrected chi connectivity index (χ1v) is 8.73. The van der Waals surface area contributed by atoms with Crippen molar-refractivity contribution < 1.29 is 0 Å². The van der Waals surface area contributed by atoms with Gasteiger partial charge < -0.3 is 0 Å². The molecule has 4 rings (SSSR count). The van der Waals surface area contributed by atoms with E-state index in [9.17, 15) is 4.79 Å². The normalized spacial score (nSPS) is 11.2. The van der Waals surface area contributed by atoms with Gasteiger partial charge in [0.25, 0.3) is 5.56 Å². The maximum atomic E-state index is 12.7. The zero-order valence-electron chi connectivity index (χ0n) is 12.3. The number of nitrogens with zero attached hydrogens (tertiary/aromatic N) is 3. The summed E-state index contributed by atoms with van der Waals surface area (Å²) in [5.41, 5.74) is 1.80. The summed E-state index contributed by atoms with van der Waals surface area (Å²) in [5, 5.41) is 0. The molecule has 0 amide bonds. The SMILES string of the molecule is Cn1cc(Sc2nc3ccccc3s2)c(=O)n1-c1ccccc1. The monoisotopic (exact) mass is 339 g/mol. The van der Waals surface area contributed by atoms with E-state index >= 15 is 0 Å². The zero-order valence-corrected chi connectivity index (χ0v) is 14.0. The van der Waals surface area contributed by atoms with Gasteiger partial charge in [0.15, 0.2) is 4.34 Å². The van der Waals surface area contributed by atoms with E-state index in [1.807, 2.05) is 72.5 Å². The van der Waals surface area contributed by atoms with Crippen LogP contribution in [0, 0.1) is 0 Å². The Morgan fingerprint density at radius 1 is 1.04 bits per heavy atom. The highest BCUT2D eigenvalue weighted by molar-refractivity contribution is 8.01. The lowest BCUT2D eigenvalue weighted by Crippen LogP contribution is -2.19. The van der Waals surface area contributed by atoms with Crippen LogP contribution in [0.25, 0.3) is 15.9 Å². The van der Waals surface area contributed by atoms with E-state index in [4.69, 9.17) is 0 Å². The molecular weight excluding hydrogens is 326 g/mol. The molecule has 2 aromatic heterocycles. The highest BCUT2D eigenvalue weighted by atomic mass is 32.2. The Morgan fingerprint density at radius 2 is 1.78 bits per heavy atom. The van der Waals surface area contributed by atoms with Crippen LogP contribution in [-0.4, -0.2) is 14.3 Å². The minimum atomic E-state index is -0.0250. The minimum Gasteiger partial charge on any atom is -0.287 e. The molecule has 4 aromatic rings. The maximum absolute atomic E-state index is 12.7. The van der Waals surface area contributed by atoms with E-state index in [1.54, 1.807) is 16.0 Å². The third-order valence-corrected chi connectivity index (χ3v) is 5.59. The number of aromatic nitrogens is 3. The molecule has 0 saturated heterocycles. The van der Waals surface area contributed by atoms with Crippen LogP contribution in [0.5, 0.6) is 0 Å². The van der Waals surface area contributed by atoms with Crippen LogP contribution >= 0.6 is 23.1 Å². The van der Waals surface area contributed by atoms with Gasteiger partial charge in [-0.3, -0.25) is 9.48 Å². The first-order chi connectivity index (χ1) is 11.2. The molecule has 114 valence electrons. The molecule has 0 spiro atoms. The Balaban J connectivity index is 1.74. The van der Waals surface area contributed by atoms with Gasteiger partial charge in [0.2, 0.25) is 0 Å². The summed E-state index contributed by atoms with van der Waals surface area (Å²) >= 11 is 3.03. The Morgan fingerprint density at radius 3 is 2.57 bits per heavy atom. The average Bonchev–Trinajstić information content (AvgIpc) is 3.09. The number of benzene rings is 2. The van der Waals surface area contributed by atoms with Gasteiger partial charge in [-0.05, 0) is 24.3 Å². The summed E-state index contributed by atoms with van der Waals surface area (Å²) in [5.74, 6) is 0. The van der Waals surface area contributed by atoms with Crippen molar-refractivity contribution in [1.29, 1.82) is 0 Å². The van der Waals surface area contributed by atoms with E-state index in [0.29, 0.717) is 4.90 Å². The molecule has 0 N–H and O–H groups in total. The fraction of sp³-hybridized carbons (Fsp3) is 0.0588. The van der Waals surface area contributed by atoms with Crippen molar-refractivity contribution in [1.82, 2.24) is 14.3 Å². The van der Waals surface area contributed by atoms with Crippen molar-refractivity contribution in [2.45, 2.75) is 9.24 Å². The summed E-state index contributed by atoms with van der Waals surface area (Å²) in [6.07, 6.45) is 1.85. The Kier molecular flexibility index (Phi) is 3.55. The van der Waals surface area contributed by atoms with Crippen LogP contribution < -0.4 is 5.56 Å². The second kappa shape index (κ2) is 5.72. The lowest BCUT2D eigenvalue weighted by Gasteiger charge is -2.05. The Bertz CT molecular complexity index is 998. The van der Waals surface area contributed by atoms with Gasteiger partial charge >= 0.3 is 0 Å². The number of para-hydroxylation sites is 2. The van der Waals surface area contributed by atoms with Gasteiger partial charge in [0, 0.05) is 13.2 Å². The number of fused-ring (bicyclic) bond motifs is 1. The molecule has 4 nitrogen and oxygen atoms in total. The van der Waals surface area contributed by atoms with Crippen molar-refractivity contribution in [2.24, 2.45) is 7.05 Å². The lowest BCUT2D eigenvalue weighted by atomic mass is 10.3. The molecule has 0 atom stereocenters. The second-order valence-corrected chi connectivity index (χ2v) is 7.39. The fourth-order valence-corrected chi connectivity index (χ4v) is 4.57. The highest BCUT2D eigenvalue weighted by Crippen LogP contribution is 2.33. The molecule has 0 saturated carbocycles. The Hall–Kier alpha value is -2.31. The van der Waals surface area contributed by atoms with Crippen LogP contribution in [0.4, 0.5) is 0 Å². The van der Waals surface area contributed by atoms with Crippen LogP contribution in [0.15, 0.2) is 74.8 Å². The number of thiazole rings is 1. The quantitative estimate of drug-likeness (QED) is 0.568. The third-order valence-electron chi connectivity index (χ3n) is 3.50. The molecule has 0 unspecified atom stereocenters. The van der Waals surface area contributed by atoms with Crippen molar-refractivity contribution in [3.63, 3.8) is 0 Å². The van der Waals surface area contributed by atoms with Gasteiger partial charge in [-0.1, -0.05) is 42.1 Å². The van der Waals surface area contributed by atoms with Crippen LogP contribution in [0.3, 0.4) is 0 Å². The molecule has 2 heterocycles. The Labute approximate surface area is 141 Å². The lowest BCUT2D eigenvalue weighted by molar-refractivity contribution is 0.646. The smallest absolute Gasteiger partial charge is 0.285 e. The number of hydrogen-bond acceptors (Lipinski definition) is 4. The summed E-state index contributed by atoms with van der Waals surface area (Å²) in [6, 6.07) is 17.6. The first kappa shape index (κ1) is 14.3. The predicted octanol–water partition coefficient (Wildman–Crippen LogP) is 3.94. The van der Waals surface area contributed by atoms with E-state index in [0.717, 1.165) is 20.2 Å². The van der Waals surface area contributed by atoms with Crippen molar-refractivity contribution in [2.75, 3.05) is 0 Å². The highest BCUT2D eigenvalue weighted by Gasteiger charge is 2.14. The third kappa shape index (κ3) is 2.60.